The molecular weight excluding hydrogens is 308 g/mol. The number of hydrogen-bond acceptors (Lipinski definition) is 5. The molecule has 0 amide bonds. The highest BCUT2D eigenvalue weighted by molar-refractivity contribution is 7.11. The minimum atomic E-state index is -0.513. The van der Waals surface area contributed by atoms with Crippen LogP contribution in [0.4, 0.5) is 5.69 Å². The van der Waals surface area contributed by atoms with Gasteiger partial charge in [-0.15, -0.1) is 11.3 Å². The molecule has 2 heterocycles. The zero-order valence-corrected chi connectivity index (χ0v) is 14.0. The highest BCUT2D eigenvalue weighted by atomic mass is 32.1. The molecule has 0 aliphatic heterocycles. The second-order valence-corrected chi connectivity index (χ2v) is 6.45. The molecule has 0 saturated carbocycles. The second-order valence-electron chi connectivity index (χ2n) is 5.30. The zero-order valence-electron chi connectivity index (χ0n) is 13.2. The Morgan fingerprint density at radius 3 is 2.70 bits per heavy atom. The summed E-state index contributed by atoms with van der Waals surface area (Å²) in [7, 11) is 0. The molecule has 2 N–H and O–H groups in total. The van der Waals surface area contributed by atoms with Gasteiger partial charge in [0.1, 0.15) is 11.1 Å². The Labute approximate surface area is 139 Å². The van der Waals surface area contributed by atoms with E-state index in [-0.39, 0.29) is 0 Å². The Kier molecular flexibility index (Phi) is 4.73. The summed E-state index contributed by atoms with van der Waals surface area (Å²) in [5, 5.41) is 18.2. The lowest BCUT2D eigenvalue weighted by Crippen LogP contribution is -2.04. The number of hydrogen-bond donors (Lipinski definition) is 2. The van der Waals surface area contributed by atoms with Gasteiger partial charge in [-0.1, -0.05) is 25.1 Å². The average molecular weight is 328 g/mol. The first kappa shape index (κ1) is 15.7. The highest BCUT2D eigenvalue weighted by Gasteiger charge is 2.12. The quantitative estimate of drug-likeness (QED) is 0.726. The molecule has 1 aromatic carbocycles. The fourth-order valence-electron chi connectivity index (χ4n) is 2.43. The zero-order chi connectivity index (χ0) is 16.2. The molecule has 0 bridgehead atoms. The van der Waals surface area contributed by atoms with Gasteiger partial charge in [0.25, 0.3) is 0 Å². The van der Waals surface area contributed by atoms with E-state index in [4.69, 9.17) is 0 Å². The molecule has 120 valence electrons. The Hall–Kier alpha value is -2.18. The molecule has 1 unspecified atom stereocenters. The maximum Gasteiger partial charge on any atom is 0.121 e. The van der Waals surface area contributed by atoms with Gasteiger partial charge < -0.3 is 10.4 Å². The van der Waals surface area contributed by atoms with Gasteiger partial charge >= 0.3 is 0 Å². The third-order valence-electron chi connectivity index (χ3n) is 3.59. The molecule has 0 spiro atoms. The van der Waals surface area contributed by atoms with Crippen LogP contribution in [0.1, 0.15) is 35.5 Å². The first-order chi connectivity index (χ1) is 11.2. The maximum absolute atomic E-state index is 9.55. The van der Waals surface area contributed by atoms with E-state index in [1.54, 1.807) is 6.92 Å². The highest BCUT2D eigenvalue weighted by Crippen LogP contribution is 2.23. The van der Waals surface area contributed by atoms with E-state index < -0.39 is 6.10 Å². The summed E-state index contributed by atoms with van der Waals surface area (Å²) in [6, 6.07) is 10.1. The van der Waals surface area contributed by atoms with Crippen LogP contribution >= 0.6 is 11.3 Å². The van der Waals surface area contributed by atoms with Crippen molar-refractivity contribution in [2.24, 2.45) is 0 Å². The molecular formula is C17H20N4OS. The number of aromatic nitrogens is 3. The first-order valence-electron chi connectivity index (χ1n) is 7.68. The van der Waals surface area contributed by atoms with Crippen LogP contribution in [0, 0.1) is 0 Å². The van der Waals surface area contributed by atoms with Crippen molar-refractivity contribution < 1.29 is 5.11 Å². The Morgan fingerprint density at radius 2 is 2.04 bits per heavy atom. The Balaban J connectivity index is 1.77. The fraction of sp³-hybridized carbons (Fsp3) is 0.294. The smallest absolute Gasteiger partial charge is 0.121 e. The molecule has 0 saturated heterocycles. The molecule has 5 nitrogen and oxygen atoms in total. The minimum Gasteiger partial charge on any atom is -0.386 e. The van der Waals surface area contributed by atoms with Crippen LogP contribution in [0.3, 0.4) is 0 Å². The first-order valence-corrected chi connectivity index (χ1v) is 8.49. The van der Waals surface area contributed by atoms with Crippen molar-refractivity contribution in [2.45, 2.75) is 32.9 Å². The van der Waals surface area contributed by atoms with E-state index in [1.165, 1.54) is 11.3 Å². The van der Waals surface area contributed by atoms with E-state index in [1.807, 2.05) is 47.4 Å². The van der Waals surface area contributed by atoms with Crippen molar-refractivity contribution in [1.29, 1.82) is 0 Å². The largest absolute Gasteiger partial charge is 0.386 e. The molecule has 23 heavy (non-hydrogen) atoms. The molecule has 0 aliphatic rings. The number of para-hydroxylation sites is 1. The van der Waals surface area contributed by atoms with Crippen molar-refractivity contribution in [1.82, 2.24) is 14.8 Å². The van der Waals surface area contributed by atoms with Gasteiger partial charge in [0.2, 0.25) is 0 Å². The third kappa shape index (κ3) is 3.43. The van der Waals surface area contributed by atoms with Crippen molar-refractivity contribution >= 4 is 17.0 Å². The van der Waals surface area contributed by atoms with Crippen LogP contribution in [0.25, 0.3) is 5.69 Å². The standard InChI is InChI=1S/C17H20N4OS/c1-3-16-15(11-20-21(16)13-7-5-4-6-8-13)18-9-14-10-19-17(23-14)12(2)22/h4-8,10-12,18,22H,3,9H2,1-2H3. The minimum absolute atomic E-state index is 0.513. The van der Waals surface area contributed by atoms with Crippen LogP contribution in [0.15, 0.2) is 42.7 Å². The van der Waals surface area contributed by atoms with Crippen LogP contribution in [-0.2, 0) is 13.0 Å². The van der Waals surface area contributed by atoms with Crippen LogP contribution in [0.2, 0.25) is 0 Å². The SMILES string of the molecule is CCc1c(NCc2cnc(C(C)O)s2)cnn1-c1ccccc1. The van der Waals surface area contributed by atoms with Crippen LogP contribution < -0.4 is 5.32 Å². The predicted molar refractivity (Wildman–Crippen MR) is 93.0 cm³/mol. The summed E-state index contributed by atoms with van der Waals surface area (Å²) >= 11 is 1.53. The lowest BCUT2D eigenvalue weighted by molar-refractivity contribution is 0.199. The molecule has 3 rings (SSSR count). The Bertz CT molecular complexity index is 764. The van der Waals surface area contributed by atoms with E-state index in [0.29, 0.717) is 6.54 Å². The number of aliphatic hydroxyl groups excluding tert-OH is 1. The summed E-state index contributed by atoms with van der Waals surface area (Å²) in [5.74, 6) is 0. The molecule has 0 radical (unpaired) electrons. The molecule has 6 heteroatoms. The van der Waals surface area contributed by atoms with Gasteiger partial charge in [-0.05, 0) is 25.5 Å². The summed E-state index contributed by atoms with van der Waals surface area (Å²) in [6.45, 7) is 4.53. The van der Waals surface area contributed by atoms with Gasteiger partial charge in [0, 0.05) is 11.1 Å². The van der Waals surface area contributed by atoms with Crippen molar-refractivity contribution in [3.63, 3.8) is 0 Å². The normalized spacial score (nSPS) is 12.3. The average Bonchev–Trinajstić information content (AvgIpc) is 3.20. The van der Waals surface area contributed by atoms with Gasteiger partial charge in [-0.3, -0.25) is 0 Å². The number of rotatable bonds is 6. The summed E-state index contributed by atoms with van der Waals surface area (Å²) < 4.78 is 1.97. The topological polar surface area (TPSA) is 63.0 Å². The molecule has 2 aromatic heterocycles. The molecule has 0 aliphatic carbocycles. The number of nitrogens with zero attached hydrogens (tertiary/aromatic N) is 3. The number of benzene rings is 1. The van der Waals surface area contributed by atoms with E-state index in [9.17, 15) is 5.11 Å². The molecule has 1 atom stereocenters. The Morgan fingerprint density at radius 1 is 1.26 bits per heavy atom. The summed E-state index contributed by atoms with van der Waals surface area (Å²) in [4.78, 5) is 5.32. The van der Waals surface area contributed by atoms with Gasteiger partial charge in [0.05, 0.1) is 29.8 Å². The molecule has 3 aromatic rings. The number of thiazole rings is 1. The van der Waals surface area contributed by atoms with E-state index in [0.717, 1.165) is 33.4 Å². The van der Waals surface area contributed by atoms with Crippen molar-refractivity contribution in [2.75, 3.05) is 5.32 Å². The van der Waals surface area contributed by atoms with Crippen LogP contribution in [0.5, 0.6) is 0 Å². The number of aliphatic hydroxyl groups is 1. The van der Waals surface area contributed by atoms with Crippen molar-refractivity contribution in [3.8, 4) is 5.69 Å². The van der Waals surface area contributed by atoms with Crippen LogP contribution in [-0.4, -0.2) is 19.9 Å². The predicted octanol–water partition coefficient (Wildman–Crippen LogP) is 3.56. The number of anilines is 1. The summed E-state index contributed by atoms with van der Waals surface area (Å²) in [6.07, 6.45) is 4.05. The van der Waals surface area contributed by atoms with E-state index in [2.05, 4.69) is 22.3 Å². The maximum atomic E-state index is 9.55. The fourth-order valence-corrected chi connectivity index (χ4v) is 3.23. The van der Waals surface area contributed by atoms with Crippen molar-refractivity contribution in [3.05, 3.63) is 58.3 Å². The molecule has 0 fully saturated rings. The second kappa shape index (κ2) is 6.93. The lowest BCUT2D eigenvalue weighted by atomic mass is 10.2. The third-order valence-corrected chi connectivity index (χ3v) is 4.75. The van der Waals surface area contributed by atoms with Gasteiger partial charge in [-0.2, -0.15) is 5.10 Å². The van der Waals surface area contributed by atoms with Gasteiger partial charge in [0.15, 0.2) is 0 Å². The number of nitrogens with one attached hydrogen (secondary N) is 1. The summed E-state index contributed by atoms with van der Waals surface area (Å²) in [5.41, 5.74) is 3.24. The lowest BCUT2D eigenvalue weighted by Gasteiger charge is -2.08. The van der Waals surface area contributed by atoms with E-state index >= 15 is 0 Å². The van der Waals surface area contributed by atoms with Gasteiger partial charge in [-0.25, -0.2) is 9.67 Å². The monoisotopic (exact) mass is 328 g/mol.